The van der Waals surface area contributed by atoms with Crippen LogP contribution in [0, 0.1) is 0 Å². The van der Waals surface area contributed by atoms with Crippen LogP contribution in [0.4, 0.5) is 5.82 Å². The van der Waals surface area contributed by atoms with Gasteiger partial charge in [0.15, 0.2) is 11.5 Å². The first kappa shape index (κ1) is 17.9. The predicted molar refractivity (Wildman–Crippen MR) is 113 cm³/mol. The van der Waals surface area contributed by atoms with Crippen molar-refractivity contribution < 1.29 is 4.74 Å². The van der Waals surface area contributed by atoms with Crippen molar-refractivity contribution in [2.45, 2.75) is 18.9 Å². The minimum atomic E-state index is 0.278. The predicted octanol–water partition coefficient (Wildman–Crippen LogP) is 3.54. The Bertz CT molecular complexity index is 1120. The molecule has 1 aliphatic rings. The van der Waals surface area contributed by atoms with E-state index >= 15 is 0 Å². The van der Waals surface area contributed by atoms with Crippen LogP contribution in [0.2, 0.25) is 0 Å². The lowest BCUT2D eigenvalue weighted by Crippen LogP contribution is -2.31. The summed E-state index contributed by atoms with van der Waals surface area (Å²) in [5.74, 6) is 1.73. The van der Waals surface area contributed by atoms with Crippen molar-refractivity contribution in [1.29, 1.82) is 0 Å². The fourth-order valence-corrected chi connectivity index (χ4v) is 4.19. The van der Waals surface area contributed by atoms with Crippen molar-refractivity contribution in [2.24, 2.45) is 0 Å². The van der Waals surface area contributed by atoms with Gasteiger partial charge in [0.05, 0.1) is 13.2 Å². The summed E-state index contributed by atoms with van der Waals surface area (Å²) in [6, 6.07) is 16.9. The van der Waals surface area contributed by atoms with Crippen LogP contribution in [0.15, 0.2) is 54.9 Å². The first-order valence-electron chi connectivity index (χ1n) is 10.0. The summed E-state index contributed by atoms with van der Waals surface area (Å²) < 4.78 is 7.07. The summed E-state index contributed by atoms with van der Waals surface area (Å²) in [5, 5.41) is 18.7. The van der Waals surface area contributed by atoms with Crippen LogP contribution in [0.3, 0.4) is 0 Å². The van der Waals surface area contributed by atoms with Gasteiger partial charge in [-0.2, -0.15) is 4.52 Å². The molecule has 148 valence electrons. The molecular formula is C22H24N6O. The van der Waals surface area contributed by atoms with Gasteiger partial charge in [0.25, 0.3) is 0 Å². The van der Waals surface area contributed by atoms with Gasteiger partial charge >= 0.3 is 0 Å². The molecule has 3 heterocycles. The van der Waals surface area contributed by atoms with Crippen LogP contribution in [-0.2, 0) is 0 Å². The van der Waals surface area contributed by atoms with Gasteiger partial charge in [0.1, 0.15) is 12.1 Å². The minimum absolute atomic E-state index is 0.278. The van der Waals surface area contributed by atoms with Gasteiger partial charge in [-0.1, -0.05) is 36.4 Å². The summed E-state index contributed by atoms with van der Waals surface area (Å²) in [6.07, 6.45) is 4.15. The number of likely N-dealkylation sites (tertiary alicyclic amines) is 1. The molecule has 1 atom stereocenters. The van der Waals surface area contributed by atoms with Gasteiger partial charge in [0.2, 0.25) is 0 Å². The Kier molecular flexibility index (Phi) is 4.73. The number of rotatable bonds is 6. The van der Waals surface area contributed by atoms with E-state index in [1.165, 1.54) is 18.4 Å². The number of hydrogen-bond donors (Lipinski definition) is 1. The lowest BCUT2D eigenvalue weighted by molar-refractivity contribution is 0.255. The van der Waals surface area contributed by atoms with Crippen molar-refractivity contribution in [1.82, 2.24) is 24.7 Å². The van der Waals surface area contributed by atoms with Crippen LogP contribution in [0.1, 0.15) is 24.4 Å². The Morgan fingerprint density at radius 2 is 1.79 bits per heavy atom. The average molecular weight is 388 g/mol. The number of nitrogens with one attached hydrogen (secondary N) is 1. The maximum atomic E-state index is 5.33. The molecular weight excluding hydrogens is 364 g/mol. The molecule has 2 aromatic carbocycles. The molecule has 0 unspecified atom stereocenters. The second-order valence-electron chi connectivity index (χ2n) is 7.41. The number of benzene rings is 2. The Morgan fingerprint density at radius 3 is 2.55 bits per heavy atom. The number of anilines is 1. The van der Waals surface area contributed by atoms with Gasteiger partial charge in [-0.25, -0.2) is 0 Å². The second-order valence-corrected chi connectivity index (χ2v) is 7.41. The molecule has 4 aromatic rings. The number of nitrogens with zero attached hydrogens (tertiary/aromatic N) is 5. The fraction of sp³-hybridized carbons (Fsp3) is 0.318. The highest BCUT2D eigenvalue weighted by Gasteiger charge is 2.24. The van der Waals surface area contributed by atoms with Crippen LogP contribution < -0.4 is 10.1 Å². The molecule has 0 aliphatic carbocycles. The van der Waals surface area contributed by atoms with E-state index in [2.05, 4.69) is 44.7 Å². The van der Waals surface area contributed by atoms with Crippen LogP contribution >= 0.6 is 0 Å². The van der Waals surface area contributed by atoms with Crippen molar-refractivity contribution in [3.63, 3.8) is 0 Å². The van der Waals surface area contributed by atoms with E-state index < -0.39 is 0 Å². The van der Waals surface area contributed by atoms with Gasteiger partial charge in [0, 0.05) is 17.3 Å². The van der Waals surface area contributed by atoms with Crippen molar-refractivity contribution in [2.75, 3.05) is 32.1 Å². The monoisotopic (exact) mass is 388 g/mol. The number of hydrogen-bond acceptors (Lipinski definition) is 6. The molecule has 0 amide bonds. The number of methoxy groups -OCH3 is 1. The van der Waals surface area contributed by atoms with E-state index in [4.69, 9.17) is 9.84 Å². The highest BCUT2D eigenvalue weighted by atomic mass is 16.5. The van der Waals surface area contributed by atoms with E-state index in [9.17, 15) is 0 Å². The maximum Gasteiger partial charge on any atom is 0.185 e. The van der Waals surface area contributed by atoms with Crippen molar-refractivity contribution >= 4 is 22.2 Å². The van der Waals surface area contributed by atoms with Gasteiger partial charge < -0.3 is 10.1 Å². The number of ether oxygens (including phenoxy) is 1. The fourth-order valence-electron chi connectivity index (χ4n) is 4.19. The summed E-state index contributed by atoms with van der Waals surface area (Å²) in [4.78, 5) is 2.55. The lowest BCUT2D eigenvalue weighted by atomic mass is 10.0. The smallest absolute Gasteiger partial charge is 0.185 e. The van der Waals surface area contributed by atoms with Crippen LogP contribution in [0.5, 0.6) is 5.75 Å². The average Bonchev–Trinajstić information content (AvgIpc) is 3.46. The van der Waals surface area contributed by atoms with E-state index in [1.807, 2.05) is 24.3 Å². The molecule has 5 rings (SSSR count). The minimum Gasteiger partial charge on any atom is -0.497 e. The molecule has 0 spiro atoms. The van der Waals surface area contributed by atoms with Crippen molar-refractivity contribution in [3.8, 4) is 5.75 Å². The van der Waals surface area contributed by atoms with Gasteiger partial charge in [-0.15, -0.1) is 15.3 Å². The molecule has 1 saturated heterocycles. The SMILES string of the molecule is COc1ccc([C@@H](CNc2nn3cnnc3c3ccccc23)N2CCCC2)cc1. The summed E-state index contributed by atoms with van der Waals surface area (Å²) in [5.41, 5.74) is 2.06. The summed E-state index contributed by atoms with van der Waals surface area (Å²) in [6.45, 7) is 3.02. The molecule has 2 aromatic heterocycles. The molecule has 1 N–H and O–H groups in total. The van der Waals surface area contributed by atoms with Crippen LogP contribution in [0.25, 0.3) is 16.4 Å². The number of fused-ring (bicyclic) bond motifs is 3. The zero-order chi connectivity index (χ0) is 19.6. The zero-order valence-electron chi connectivity index (χ0n) is 16.5. The third-order valence-corrected chi connectivity index (χ3v) is 5.71. The Morgan fingerprint density at radius 1 is 1.03 bits per heavy atom. The first-order valence-corrected chi connectivity index (χ1v) is 10.0. The largest absolute Gasteiger partial charge is 0.497 e. The van der Waals surface area contributed by atoms with E-state index in [0.717, 1.165) is 47.6 Å². The molecule has 0 bridgehead atoms. The van der Waals surface area contributed by atoms with Crippen LogP contribution in [-0.4, -0.2) is 51.5 Å². The second kappa shape index (κ2) is 7.67. The molecule has 1 aliphatic heterocycles. The standard InChI is InChI=1S/C22H24N6O/c1-29-17-10-8-16(9-11-17)20(27-12-4-5-13-27)14-23-21-18-6-2-3-7-19(18)22-25-24-15-28(22)26-21/h2-3,6-11,15,20H,4-5,12-14H2,1H3,(H,23,26)/t20-/m1/s1. The van der Waals surface area contributed by atoms with E-state index in [1.54, 1.807) is 18.0 Å². The van der Waals surface area contributed by atoms with E-state index in [0.29, 0.717) is 0 Å². The molecule has 7 nitrogen and oxygen atoms in total. The maximum absolute atomic E-state index is 5.33. The third-order valence-electron chi connectivity index (χ3n) is 5.71. The van der Waals surface area contributed by atoms with Crippen molar-refractivity contribution in [3.05, 3.63) is 60.4 Å². The van der Waals surface area contributed by atoms with Gasteiger partial charge in [-0.05, 0) is 43.6 Å². The molecule has 0 saturated carbocycles. The normalized spacial score (nSPS) is 15.8. The van der Waals surface area contributed by atoms with E-state index in [-0.39, 0.29) is 6.04 Å². The first-order chi connectivity index (χ1) is 14.3. The molecule has 0 radical (unpaired) electrons. The highest BCUT2D eigenvalue weighted by molar-refractivity contribution is 5.99. The third kappa shape index (κ3) is 3.38. The molecule has 7 heteroatoms. The quantitative estimate of drug-likeness (QED) is 0.545. The van der Waals surface area contributed by atoms with Gasteiger partial charge in [-0.3, -0.25) is 4.90 Å². The molecule has 1 fully saturated rings. The molecule has 29 heavy (non-hydrogen) atoms. The Labute approximate surface area is 169 Å². The summed E-state index contributed by atoms with van der Waals surface area (Å²) in [7, 11) is 1.70. The zero-order valence-corrected chi connectivity index (χ0v) is 16.5. The summed E-state index contributed by atoms with van der Waals surface area (Å²) >= 11 is 0. The lowest BCUT2D eigenvalue weighted by Gasteiger charge is -2.28. The Balaban J connectivity index is 1.47. The number of aromatic nitrogens is 4. The highest BCUT2D eigenvalue weighted by Crippen LogP contribution is 2.29. The topological polar surface area (TPSA) is 67.6 Å². The Hall–Kier alpha value is -3.19.